The quantitative estimate of drug-likeness (QED) is 0.783. The summed E-state index contributed by atoms with van der Waals surface area (Å²) in [7, 11) is 2.01. The van der Waals surface area contributed by atoms with Crippen LogP contribution >= 0.6 is 0 Å². The summed E-state index contributed by atoms with van der Waals surface area (Å²) in [6, 6.07) is 0.295. The highest BCUT2D eigenvalue weighted by Gasteiger charge is 2.24. The number of nitrogens with zero attached hydrogens (tertiary/aromatic N) is 4. The number of rotatable bonds is 2. The average Bonchev–Trinajstić information content (AvgIpc) is 2.55. The maximum atomic E-state index is 6.08. The lowest BCUT2D eigenvalue weighted by Crippen LogP contribution is -2.47. The molecule has 2 unspecified atom stereocenters. The van der Waals surface area contributed by atoms with Crippen molar-refractivity contribution in [2.45, 2.75) is 32.9 Å². The molecule has 90 valence electrons. The first kappa shape index (κ1) is 11.5. The Hall–Kier alpha value is -0.940. The molecule has 0 aliphatic carbocycles. The number of nitrogens with two attached hydrogens (primary N) is 1. The van der Waals surface area contributed by atoms with E-state index in [4.69, 9.17) is 5.73 Å². The Morgan fingerprint density at radius 3 is 2.75 bits per heavy atom. The second-order valence-corrected chi connectivity index (χ2v) is 4.89. The minimum Gasteiger partial charge on any atom is -0.326 e. The van der Waals surface area contributed by atoms with Crippen LogP contribution in [0.15, 0.2) is 0 Å². The Morgan fingerprint density at radius 2 is 2.19 bits per heavy atom. The maximum absolute atomic E-state index is 6.08. The normalized spacial score (nSPS) is 27.2. The van der Waals surface area contributed by atoms with Crippen molar-refractivity contribution in [3.05, 3.63) is 11.6 Å². The summed E-state index contributed by atoms with van der Waals surface area (Å²) >= 11 is 0. The van der Waals surface area contributed by atoms with E-state index in [0.29, 0.717) is 12.0 Å². The summed E-state index contributed by atoms with van der Waals surface area (Å²) in [5.41, 5.74) is 6.08. The van der Waals surface area contributed by atoms with Crippen molar-refractivity contribution in [3.8, 4) is 0 Å². The average molecular weight is 223 g/mol. The first-order chi connectivity index (χ1) is 7.58. The standard InChI is InChI=1S/C11H21N5/c1-8-4-5-16(6-10(8)12)7-11-14-13-9(2)15(11)3/h8,10H,4-7,12H2,1-3H3. The van der Waals surface area contributed by atoms with Crippen LogP contribution in [0.5, 0.6) is 0 Å². The van der Waals surface area contributed by atoms with E-state index in [-0.39, 0.29) is 0 Å². The van der Waals surface area contributed by atoms with Gasteiger partial charge in [-0.2, -0.15) is 0 Å². The molecule has 1 aliphatic heterocycles. The fourth-order valence-electron chi connectivity index (χ4n) is 2.10. The molecule has 0 bridgehead atoms. The molecule has 1 aromatic heterocycles. The molecule has 2 atom stereocenters. The van der Waals surface area contributed by atoms with E-state index >= 15 is 0 Å². The Balaban J connectivity index is 1.98. The van der Waals surface area contributed by atoms with Gasteiger partial charge < -0.3 is 10.3 Å². The van der Waals surface area contributed by atoms with Crippen molar-refractivity contribution < 1.29 is 0 Å². The third-order valence-corrected chi connectivity index (χ3v) is 3.65. The molecule has 2 heterocycles. The Bertz CT molecular complexity index is 359. The van der Waals surface area contributed by atoms with Gasteiger partial charge in [-0.05, 0) is 25.8 Å². The second kappa shape index (κ2) is 4.51. The summed E-state index contributed by atoms with van der Waals surface area (Å²) in [6.45, 7) is 7.14. The molecule has 0 saturated carbocycles. The molecule has 1 aliphatic rings. The van der Waals surface area contributed by atoms with Crippen LogP contribution in [0.3, 0.4) is 0 Å². The second-order valence-electron chi connectivity index (χ2n) is 4.89. The van der Waals surface area contributed by atoms with Crippen LogP contribution in [-0.4, -0.2) is 38.8 Å². The zero-order chi connectivity index (χ0) is 11.7. The molecule has 2 rings (SSSR count). The lowest BCUT2D eigenvalue weighted by molar-refractivity contribution is 0.157. The SMILES string of the molecule is Cc1nnc(CN2CCC(C)C(N)C2)n1C. The summed E-state index contributed by atoms with van der Waals surface area (Å²) in [5, 5.41) is 8.25. The van der Waals surface area contributed by atoms with Gasteiger partial charge in [0.15, 0.2) is 0 Å². The molecular formula is C11H21N5. The van der Waals surface area contributed by atoms with Gasteiger partial charge >= 0.3 is 0 Å². The summed E-state index contributed by atoms with van der Waals surface area (Å²) in [6.07, 6.45) is 1.18. The summed E-state index contributed by atoms with van der Waals surface area (Å²) in [5.74, 6) is 2.63. The molecule has 1 saturated heterocycles. The van der Waals surface area contributed by atoms with Crippen molar-refractivity contribution >= 4 is 0 Å². The molecule has 0 amide bonds. The third-order valence-electron chi connectivity index (χ3n) is 3.65. The van der Waals surface area contributed by atoms with Crippen molar-refractivity contribution in [1.29, 1.82) is 0 Å². The summed E-state index contributed by atoms with van der Waals surface area (Å²) in [4.78, 5) is 2.37. The topological polar surface area (TPSA) is 60.0 Å². The first-order valence-electron chi connectivity index (χ1n) is 5.90. The van der Waals surface area contributed by atoms with Crippen LogP contribution in [-0.2, 0) is 13.6 Å². The minimum atomic E-state index is 0.295. The van der Waals surface area contributed by atoms with E-state index in [1.807, 2.05) is 18.5 Å². The number of piperidine rings is 1. The highest BCUT2D eigenvalue weighted by atomic mass is 15.3. The van der Waals surface area contributed by atoms with Gasteiger partial charge in [0.25, 0.3) is 0 Å². The van der Waals surface area contributed by atoms with E-state index in [1.54, 1.807) is 0 Å². The van der Waals surface area contributed by atoms with Gasteiger partial charge in [-0.3, -0.25) is 4.90 Å². The van der Waals surface area contributed by atoms with Gasteiger partial charge in [0, 0.05) is 19.6 Å². The largest absolute Gasteiger partial charge is 0.326 e. The van der Waals surface area contributed by atoms with Crippen LogP contribution in [0.25, 0.3) is 0 Å². The predicted octanol–water partition coefficient (Wildman–Crippen LogP) is 0.293. The van der Waals surface area contributed by atoms with Crippen LogP contribution in [0.2, 0.25) is 0 Å². The molecule has 1 fully saturated rings. The Morgan fingerprint density at radius 1 is 1.44 bits per heavy atom. The lowest BCUT2D eigenvalue weighted by atomic mass is 9.94. The van der Waals surface area contributed by atoms with Crippen molar-refractivity contribution in [2.75, 3.05) is 13.1 Å². The van der Waals surface area contributed by atoms with Crippen LogP contribution in [0.1, 0.15) is 25.0 Å². The van der Waals surface area contributed by atoms with Crippen molar-refractivity contribution in [3.63, 3.8) is 0 Å². The highest BCUT2D eigenvalue weighted by molar-refractivity contribution is 4.93. The van der Waals surface area contributed by atoms with Gasteiger partial charge in [0.05, 0.1) is 6.54 Å². The van der Waals surface area contributed by atoms with Gasteiger partial charge in [0.2, 0.25) is 0 Å². The third kappa shape index (κ3) is 2.25. The van der Waals surface area contributed by atoms with Gasteiger partial charge in [0.1, 0.15) is 11.6 Å². The molecule has 0 aromatic carbocycles. The van der Waals surface area contributed by atoms with Crippen molar-refractivity contribution in [1.82, 2.24) is 19.7 Å². The number of likely N-dealkylation sites (tertiary alicyclic amines) is 1. The van der Waals surface area contributed by atoms with E-state index in [1.165, 1.54) is 6.42 Å². The Labute approximate surface area is 96.6 Å². The molecule has 5 nitrogen and oxygen atoms in total. The van der Waals surface area contributed by atoms with Crippen LogP contribution in [0, 0.1) is 12.8 Å². The first-order valence-corrected chi connectivity index (χ1v) is 5.90. The lowest BCUT2D eigenvalue weighted by Gasteiger charge is -2.34. The predicted molar refractivity (Wildman–Crippen MR) is 62.8 cm³/mol. The molecule has 0 radical (unpaired) electrons. The number of aryl methyl sites for hydroxylation is 1. The van der Waals surface area contributed by atoms with E-state index in [2.05, 4.69) is 22.0 Å². The fraction of sp³-hybridized carbons (Fsp3) is 0.818. The number of hydrogen-bond donors (Lipinski definition) is 1. The van der Waals surface area contributed by atoms with Crippen molar-refractivity contribution in [2.24, 2.45) is 18.7 Å². The zero-order valence-corrected chi connectivity index (χ0v) is 10.3. The number of hydrogen-bond acceptors (Lipinski definition) is 4. The summed E-state index contributed by atoms with van der Waals surface area (Å²) < 4.78 is 2.05. The number of aromatic nitrogens is 3. The Kier molecular flexibility index (Phi) is 3.25. The molecule has 5 heteroatoms. The minimum absolute atomic E-state index is 0.295. The van der Waals surface area contributed by atoms with Crippen LogP contribution < -0.4 is 5.73 Å². The fourth-order valence-corrected chi connectivity index (χ4v) is 2.10. The molecule has 16 heavy (non-hydrogen) atoms. The molecule has 1 aromatic rings. The smallest absolute Gasteiger partial charge is 0.146 e. The van der Waals surface area contributed by atoms with E-state index < -0.39 is 0 Å². The molecule has 2 N–H and O–H groups in total. The van der Waals surface area contributed by atoms with Gasteiger partial charge in [-0.25, -0.2) is 0 Å². The zero-order valence-electron chi connectivity index (χ0n) is 10.3. The van der Waals surface area contributed by atoms with Crippen LogP contribution in [0.4, 0.5) is 0 Å². The van der Waals surface area contributed by atoms with E-state index in [0.717, 1.165) is 31.3 Å². The maximum Gasteiger partial charge on any atom is 0.146 e. The van der Waals surface area contributed by atoms with E-state index in [9.17, 15) is 0 Å². The molecular weight excluding hydrogens is 202 g/mol. The highest BCUT2D eigenvalue weighted by Crippen LogP contribution is 2.16. The molecule has 0 spiro atoms. The van der Waals surface area contributed by atoms with Gasteiger partial charge in [-0.1, -0.05) is 6.92 Å². The monoisotopic (exact) mass is 223 g/mol. The van der Waals surface area contributed by atoms with Gasteiger partial charge in [-0.15, -0.1) is 10.2 Å².